The molecule has 1 amide bonds. The minimum Gasteiger partial charge on any atom is -0.444 e. The van der Waals surface area contributed by atoms with Crippen LogP contribution in [-0.4, -0.2) is 32.6 Å². The molecule has 0 radical (unpaired) electrons. The number of halogens is 3. The van der Waals surface area contributed by atoms with E-state index in [4.69, 9.17) is 4.74 Å². The van der Waals surface area contributed by atoms with Crippen LogP contribution in [0.5, 0.6) is 0 Å². The van der Waals surface area contributed by atoms with E-state index in [0.29, 0.717) is 4.47 Å². The zero-order chi connectivity index (χ0) is 20.2. The van der Waals surface area contributed by atoms with Crippen molar-refractivity contribution >= 4 is 22.0 Å². The second-order valence-electron chi connectivity index (χ2n) is 6.66. The van der Waals surface area contributed by atoms with Gasteiger partial charge in [-0.1, -0.05) is 15.9 Å². The predicted molar refractivity (Wildman–Crippen MR) is 98.9 cm³/mol. The molecule has 0 atom stereocenters. The molecule has 146 valence electrons. The van der Waals surface area contributed by atoms with Crippen LogP contribution in [0.25, 0.3) is 5.69 Å². The van der Waals surface area contributed by atoms with Crippen molar-refractivity contribution in [3.8, 4) is 5.69 Å². The summed E-state index contributed by atoms with van der Waals surface area (Å²) >= 11 is 3.14. The van der Waals surface area contributed by atoms with Gasteiger partial charge in [-0.2, -0.15) is 5.10 Å². The van der Waals surface area contributed by atoms with Crippen LogP contribution >= 0.6 is 15.9 Å². The molecule has 1 aromatic carbocycles. The highest BCUT2D eigenvalue weighted by Gasteiger charge is 2.17. The lowest BCUT2D eigenvalue weighted by atomic mass is 10.2. The van der Waals surface area contributed by atoms with Crippen LogP contribution in [0.2, 0.25) is 0 Å². The summed E-state index contributed by atoms with van der Waals surface area (Å²) in [5, 5.41) is 6.27. The predicted octanol–water partition coefficient (Wildman–Crippen LogP) is 3.31. The van der Waals surface area contributed by atoms with Gasteiger partial charge in [0.15, 0.2) is 0 Å². The number of carbonyl (C=O) groups excluding carboxylic acids is 1. The van der Waals surface area contributed by atoms with Crippen LogP contribution in [0, 0.1) is 5.82 Å². The Balaban J connectivity index is 2.10. The maximum Gasteiger partial charge on any atom is 0.407 e. The van der Waals surface area contributed by atoms with Crippen molar-refractivity contribution in [3.63, 3.8) is 0 Å². The molecule has 0 saturated carbocycles. The zero-order valence-corrected chi connectivity index (χ0v) is 16.6. The lowest BCUT2D eigenvalue weighted by Crippen LogP contribution is -2.34. The quantitative estimate of drug-likeness (QED) is 0.766. The van der Waals surface area contributed by atoms with E-state index in [1.54, 1.807) is 26.8 Å². The van der Waals surface area contributed by atoms with Crippen molar-refractivity contribution < 1.29 is 18.3 Å². The molecule has 0 aliphatic heterocycles. The van der Waals surface area contributed by atoms with Crippen LogP contribution in [0.4, 0.5) is 13.6 Å². The van der Waals surface area contributed by atoms with Gasteiger partial charge in [0, 0.05) is 11.0 Å². The molecule has 7 nitrogen and oxygen atoms in total. The first-order valence-electron chi connectivity index (χ1n) is 7.95. The molecule has 10 heteroatoms. The monoisotopic (exact) mass is 444 g/mol. The van der Waals surface area contributed by atoms with E-state index in [1.165, 1.54) is 12.1 Å². The number of ether oxygens (including phenoxy) is 1. The Labute approximate surface area is 162 Å². The molecule has 0 spiro atoms. The number of hydrogen-bond donors (Lipinski definition) is 1. The van der Waals surface area contributed by atoms with Gasteiger partial charge in [-0.3, -0.25) is 0 Å². The summed E-state index contributed by atoms with van der Waals surface area (Å²) in [5.74, 6) is -0.612. The van der Waals surface area contributed by atoms with Crippen LogP contribution < -0.4 is 11.0 Å². The Morgan fingerprint density at radius 1 is 1.41 bits per heavy atom. The number of aromatic nitrogens is 3. The highest BCUT2D eigenvalue weighted by atomic mass is 79.9. The maximum atomic E-state index is 14.0. The van der Waals surface area contributed by atoms with Gasteiger partial charge in [0.05, 0.1) is 18.6 Å². The molecular formula is C17H19BrF2N4O3. The molecule has 0 saturated heterocycles. The van der Waals surface area contributed by atoms with Crippen molar-refractivity contribution in [1.29, 1.82) is 0 Å². The van der Waals surface area contributed by atoms with Crippen molar-refractivity contribution in [2.45, 2.75) is 32.9 Å². The summed E-state index contributed by atoms with van der Waals surface area (Å²) in [7, 11) is 0. The Bertz CT molecular complexity index is 916. The highest BCUT2D eigenvalue weighted by Crippen LogP contribution is 2.17. The summed E-state index contributed by atoms with van der Waals surface area (Å²) in [6, 6.07) is 4.22. The van der Waals surface area contributed by atoms with Crippen LogP contribution in [-0.2, 0) is 11.3 Å². The van der Waals surface area contributed by atoms with Gasteiger partial charge in [-0.05, 0) is 44.5 Å². The average molecular weight is 445 g/mol. The molecule has 27 heavy (non-hydrogen) atoms. The number of amides is 1. The minimum atomic E-state index is -0.711. The number of carbonyl (C=O) groups is 1. The van der Waals surface area contributed by atoms with Gasteiger partial charge in [0.25, 0.3) is 0 Å². The normalized spacial score (nSPS) is 12.1. The standard InChI is InChI=1S/C17H19BrF2N4O3/c1-17(2,3)27-15(25)21-8-11(7-19)9-24-16(26)23(10-22-24)14-5-4-12(18)6-13(14)20/h4-7,10H,8-9H2,1-3H3,(H,21,25)/b11-7+. The molecule has 1 N–H and O–H groups in total. The van der Waals surface area contributed by atoms with Crippen molar-refractivity contribution in [1.82, 2.24) is 19.7 Å². The fraction of sp³-hybridized carbons (Fsp3) is 0.353. The number of benzene rings is 1. The molecule has 0 bridgehead atoms. The summed E-state index contributed by atoms with van der Waals surface area (Å²) in [6.45, 7) is 4.72. The summed E-state index contributed by atoms with van der Waals surface area (Å²) in [6.07, 6.45) is 0.714. The molecule has 2 rings (SSSR count). The lowest BCUT2D eigenvalue weighted by molar-refractivity contribution is 0.0532. The number of nitrogens with one attached hydrogen (secondary N) is 1. The third kappa shape index (κ3) is 5.75. The molecule has 0 unspecified atom stereocenters. The van der Waals surface area contributed by atoms with Crippen molar-refractivity contribution in [2.24, 2.45) is 0 Å². The second kappa shape index (κ2) is 8.47. The van der Waals surface area contributed by atoms with E-state index in [2.05, 4.69) is 26.3 Å². The van der Waals surface area contributed by atoms with Crippen LogP contribution in [0.15, 0.2) is 45.7 Å². The van der Waals surface area contributed by atoms with Gasteiger partial charge in [0.1, 0.15) is 17.7 Å². The number of rotatable bonds is 5. The lowest BCUT2D eigenvalue weighted by Gasteiger charge is -2.19. The van der Waals surface area contributed by atoms with E-state index < -0.39 is 23.2 Å². The number of hydrogen-bond acceptors (Lipinski definition) is 4. The fourth-order valence-corrected chi connectivity index (χ4v) is 2.44. The van der Waals surface area contributed by atoms with E-state index in [1.807, 2.05) is 0 Å². The molecule has 1 aromatic heterocycles. The van der Waals surface area contributed by atoms with E-state index in [0.717, 1.165) is 15.6 Å². The highest BCUT2D eigenvalue weighted by molar-refractivity contribution is 9.10. The van der Waals surface area contributed by atoms with Crippen LogP contribution in [0.1, 0.15) is 20.8 Å². The third-order valence-corrected chi connectivity index (χ3v) is 3.76. The van der Waals surface area contributed by atoms with Gasteiger partial charge in [-0.15, -0.1) is 0 Å². The number of nitrogens with zero attached hydrogens (tertiary/aromatic N) is 3. The minimum absolute atomic E-state index is 0.0205. The van der Waals surface area contributed by atoms with Gasteiger partial charge in [-0.25, -0.2) is 27.6 Å². The van der Waals surface area contributed by atoms with Gasteiger partial charge >= 0.3 is 11.8 Å². The Morgan fingerprint density at radius 3 is 2.70 bits per heavy atom. The zero-order valence-electron chi connectivity index (χ0n) is 15.0. The second-order valence-corrected chi connectivity index (χ2v) is 7.58. The van der Waals surface area contributed by atoms with Gasteiger partial charge < -0.3 is 10.1 Å². The molecule has 0 aliphatic rings. The first-order chi connectivity index (χ1) is 12.6. The molecular weight excluding hydrogens is 426 g/mol. The topological polar surface area (TPSA) is 78.2 Å². The SMILES string of the molecule is CC(C)(C)OC(=O)NC/C(=C\F)Cn1ncn(-c2ccc(Br)cc2F)c1=O. The summed E-state index contributed by atoms with van der Waals surface area (Å²) in [4.78, 5) is 24.0. The smallest absolute Gasteiger partial charge is 0.407 e. The molecule has 0 aliphatic carbocycles. The average Bonchev–Trinajstić information content (AvgIpc) is 2.90. The fourth-order valence-electron chi connectivity index (χ4n) is 2.11. The van der Waals surface area contributed by atoms with Gasteiger partial charge in [0.2, 0.25) is 0 Å². The van der Waals surface area contributed by atoms with Crippen molar-refractivity contribution in [2.75, 3.05) is 6.54 Å². The Morgan fingerprint density at radius 2 is 2.11 bits per heavy atom. The largest absolute Gasteiger partial charge is 0.444 e. The first kappa shape index (κ1) is 20.8. The third-order valence-electron chi connectivity index (χ3n) is 3.27. The summed E-state index contributed by atoms with van der Waals surface area (Å²) < 4.78 is 34.7. The Kier molecular flexibility index (Phi) is 6.53. The van der Waals surface area contributed by atoms with Crippen molar-refractivity contribution in [3.05, 3.63) is 57.2 Å². The van der Waals surface area contributed by atoms with Crippen LogP contribution in [0.3, 0.4) is 0 Å². The van der Waals surface area contributed by atoms with E-state index in [9.17, 15) is 18.4 Å². The molecule has 1 heterocycles. The van der Waals surface area contributed by atoms with E-state index >= 15 is 0 Å². The maximum absolute atomic E-state index is 14.0. The number of alkyl carbamates (subject to hydrolysis) is 1. The van der Waals surface area contributed by atoms with E-state index in [-0.39, 0.29) is 30.7 Å². The molecule has 0 fully saturated rings. The first-order valence-corrected chi connectivity index (χ1v) is 8.75. The summed E-state index contributed by atoms with van der Waals surface area (Å²) in [5.41, 5.74) is -1.22. The molecule has 2 aromatic rings. The Hall–Kier alpha value is -2.49.